The molecule has 1 aromatic heterocycles. The number of carbonyl (C=O) groups is 1. The van der Waals surface area contributed by atoms with Crippen LogP contribution in [0.5, 0.6) is 0 Å². The van der Waals surface area contributed by atoms with E-state index in [9.17, 15) is 13.6 Å². The predicted octanol–water partition coefficient (Wildman–Crippen LogP) is 3.30. The van der Waals surface area contributed by atoms with Crippen LogP contribution in [0.15, 0.2) is 18.3 Å². The first-order chi connectivity index (χ1) is 12.4. The third-order valence-corrected chi connectivity index (χ3v) is 6.62. The summed E-state index contributed by atoms with van der Waals surface area (Å²) in [7, 11) is 0. The van der Waals surface area contributed by atoms with Crippen LogP contribution in [-0.4, -0.2) is 40.8 Å². The molecule has 1 amide bonds. The Balaban J connectivity index is 1.38. The molecule has 3 fully saturated rings. The maximum absolute atomic E-state index is 13.0. The molecule has 26 heavy (non-hydrogen) atoms. The van der Waals surface area contributed by atoms with Gasteiger partial charge in [0.05, 0.1) is 5.69 Å². The summed E-state index contributed by atoms with van der Waals surface area (Å²) in [5.41, 5.74) is 2.30. The summed E-state index contributed by atoms with van der Waals surface area (Å²) in [6, 6.07) is 3.68. The average molecular weight is 363 g/mol. The number of aryl methyl sites for hydroxylation is 1. The largest absolute Gasteiger partial charge is 0.353 e. The highest BCUT2D eigenvalue weighted by Gasteiger charge is 2.52. The highest BCUT2D eigenvalue weighted by molar-refractivity contribution is 5.80. The van der Waals surface area contributed by atoms with E-state index in [-0.39, 0.29) is 36.1 Å². The Hall–Kier alpha value is -1.56. The molecule has 1 N–H and O–H groups in total. The molecule has 3 aliphatic rings. The van der Waals surface area contributed by atoms with E-state index < -0.39 is 5.92 Å². The Morgan fingerprint density at radius 1 is 1.38 bits per heavy atom. The molecule has 1 aromatic rings. The summed E-state index contributed by atoms with van der Waals surface area (Å²) in [6.45, 7) is 4.77. The van der Waals surface area contributed by atoms with Gasteiger partial charge in [-0.05, 0) is 49.8 Å². The molecule has 1 spiro atoms. The minimum Gasteiger partial charge on any atom is -0.353 e. The Morgan fingerprint density at radius 2 is 2.19 bits per heavy atom. The van der Waals surface area contributed by atoms with Crippen molar-refractivity contribution in [2.75, 3.05) is 13.1 Å². The quantitative estimate of drug-likeness (QED) is 0.893. The van der Waals surface area contributed by atoms with Crippen LogP contribution >= 0.6 is 0 Å². The Bertz CT molecular complexity index is 687. The summed E-state index contributed by atoms with van der Waals surface area (Å²) < 4.78 is 26.1. The number of hydrogen-bond donors (Lipinski definition) is 1. The lowest BCUT2D eigenvalue weighted by Gasteiger charge is -2.38. The number of amides is 1. The summed E-state index contributed by atoms with van der Waals surface area (Å²) in [5, 5.41) is 2.89. The van der Waals surface area contributed by atoms with Gasteiger partial charge in [-0.2, -0.15) is 0 Å². The summed E-state index contributed by atoms with van der Waals surface area (Å²) in [4.78, 5) is 19.6. The van der Waals surface area contributed by atoms with E-state index in [0.717, 1.165) is 51.0 Å². The van der Waals surface area contributed by atoms with Gasteiger partial charge >= 0.3 is 0 Å². The standard InChI is InChI=1S/C20H27F2N3O/c1-14-4-3-8-23-17(14)12-25-9-7-19(13-25)6-2-5-16(19)18(26)24-15-10-20(21,22)11-15/h3-4,8,15-16H,2,5-7,9-13H2,1H3,(H,24,26)/t16-,19-/m1/s1. The second kappa shape index (κ2) is 6.55. The summed E-state index contributed by atoms with van der Waals surface area (Å²) >= 11 is 0. The zero-order valence-electron chi connectivity index (χ0n) is 15.3. The molecule has 142 valence electrons. The summed E-state index contributed by atoms with van der Waals surface area (Å²) in [5.74, 6) is -2.62. The van der Waals surface area contributed by atoms with E-state index in [1.54, 1.807) is 0 Å². The lowest BCUT2D eigenvalue weighted by atomic mass is 9.76. The second-order valence-corrected chi connectivity index (χ2v) is 8.50. The van der Waals surface area contributed by atoms with Crippen LogP contribution in [0, 0.1) is 18.3 Å². The molecule has 0 aromatic carbocycles. The lowest BCUT2D eigenvalue weighted by Crippen LogP contribution is -2.53. The monoisotopic (exact) mass is 363 g/mol. The van der Waals surface area contributed by atoms with Gasteiger partial charge in [-0.15, -0.1) is 0 Å². The minimum atomic E-state index is -2.59. The summed E-state index contributed by atoms with van der Waals surface area (Å²) in [6.07, 6.45) is 5.42. The molecule has 1 saturated heterocycles. The number of carbonyl (C=O) groups excluding carboxylic acids is 1. The SMILES string of the molecule is Cc1cccnc1CN1CC[C@]2(CCC[C@@H]2C(=O)NC2CC(F)(F)C2)C1. The van der Waals surface area contributed by atoms with E-state index in [4.69, 9.17) is 0 Å². The Kier molecular flexibility index (Phi) is 4.49. The zero-order chi connectivity index (χ0) is 18.4. The van der Waals surface area contributed by atoms with Crippen LogP contribution in [0.1, 0.15) is 49.8 Å². The van der Waals surface area contributed by atoms with Crippen molar-refractivity contribution >= 4 is 5.91 Å². The first-order valence-corrected chi connectivity index (χ1v) is 9.68. The molecule has 0 bridgehead atoms. The number of nitrogens with zero attached hydrogens (tertiary/aromatic N) is 2. The van der Waals surface area contributed by atoms with Gasteiger partial charge in [0.1, 0.15) is 0 Å². The van der Waals surface area contributed by atoms with Gasteiger partial charge in [-0.1, -0.05) is 12.5 Å². The molecule has 1 aliphatic heterocycles. The fourth-order valence-electron chi connectivity index (χ4n) is 5.12. The van der Waals surface area contributed by atoms with Gasteiger partial charge in [-0.3, -0.25) is 14.7 Å². The van der Waals surface area contributed by atoms with Crippen LogP contribution in [0.25, 0.3) is 0 Å². The minimum absolute atomic E-state index is 0.00105. The second-order valence-electron chi connectivity index (χ2n) is 8.50. The van der Waals surface area contributed by atoms with Crippen molar-refractivity contribution in [1.82, 2.24) is 15.2 Å². The molecule has 0 radical (unpaired) electrons. The highest BCUT2D eigenvalue weighted by atomic mass is 19.3. The van der Waals surface area contributed by atoms with Crippen molar-refractivity contribution in [3.8, 4) is 0 Å². The molecule has 2 atom stereocenters. The number of halogens is 2. The number of nitrogens with one attached hydrogen (secondary N) is 1. The number of rotatable bonds is 4. The molecule has 2 heterocycles. The van der Waals surface area contributed by atoms with E-state index in [2.05, 4.69) is 28.2 Å². The maximum atomic E-state index is 13.0. The van der Waals surface area contributed by atoms with E-state index >= 15 is 0 Å². The molecule has 2 aliphatic carbocycles. The zero-order valence-corrected chi connectivity index (χ0v) is 15.3. The van der Waals surface area contributed by atoms with Crippen LogP contribution in [0.4, 0.5) is 8.78 Å². The first-order valence-electron chi connectivity index (χ1n) is 9.68. The van der Waals surface area contributed by atoms with Crippen molar-refractivity contribution in [1.29, 1.82) is 0 Å². The van der Waals surface area contributed by atoms with Crippen molar-refractivity contribution in [3.63, 3.8) is 0 Å². The third-order valence-electron chi connectivity index (χ3n) is 6.62. The van der Waals surface area contributed by atoms with Crippen molar-refractivity contribution in [2.24, 2.45) is 11.3 Å². The molecule has 2 saturated carbocycles. The van der Waals surface area contributed by atoms with Gasteiger partial charge in [0.15, 0.2) is 0 Å². The van der Waals surface area contributed by atoms with Gasteiger partial charge < -0.3 is 5.32 Å². The number of aromatic nitrogens is 1. The number of pyridine rings is 1. The molecule has 0 unspecified atom stereocenters. The van der Waals surface area contributed by atoms with E-state index in [1.807, 2.05) is 12.3 Å². The van der Waals surface area contributed by atoms with Crippen molar-refractivity contribution in [2.45, 2.75) is 64.0 Å². The smallest absolute Gasteiger partial charge is 0.252 e. The molecular weight excluding hydrogens is 336 g/mol. The Labute approximate surface area is 153 Å². The van der Waals surface area contributed by atoms with Gasteiger partial charge in [0, 0.05) is 44.1 Å². The van der Waals surface area contributed by atoms with Gasteiger partial charge in [0.2, 0.25) is 5.91 Å². The van der Waals surface area contributed by atoms with Crippen LogP contribution in [0.3, 0.4) is 0 Å². The van der Waals surface area contributed by atoms with Crippen LogP contribution in [0.2, 0.25) is 0 Å². The van der Waals surface area contributed by atoms with Gasteiger partial charge in [0.25, 0.3) is 5.92 Å². The van der Waals surface area contributed by atoms with Crippen LogP contribution < -0.4 is 5.32 Å². The molecule has 6 heteroatoms. The predicted molar refractivity (Wildman–Crippen MR) is 94.8 cm³/mol. The lowest BCUT2D eigenvalue weighted by molar-refractivity contribution is -0.135. The topological polar surface area (TPSA) is 45.2 Å². The number of hydrogen-bond acceptors (Lipinski definition) is 3. The molecule has 4 rings (SSSR count). The molecular formula is C20H27F2N3O. The van der Waals surface area contributed by atoms with Crippen LogP contribution in [-0.2, 0) is 11.3 Å². The van der Waals surface area contributed by atoms with Crippen molar-refractivity contribution in [3.05, 3.63) is 29.6 Å². The average Bonchev–Trinajstić information content (AvgIpc) is 3.15. The van der Waals surface area contributed by atoms with Gasteiger partial charge in [-0.25, -0.2) is 8.78 Å². The maximum Gasteiger partial charge on any atom is 0.252 e. The first kappa shape index (κ1) is 17.8. The van der Waals surface area contributed by atoms with E-state index in [1.165, 1.54) is 5.56 Å². The molecule has 4 nitrogen and oxygen atoms in total. The number of likely N-dealkylation sites (tertiary alicyclic amines) is 1. The third kappa shape index (κ3) is 3.36. The fraction of sp³-hybridized carbons (Fsp3) is 0.700. The van der Waals surface area contributed by atoms with E-state index in [0.29, 0.717) is 0 Å². The van der Waals surface area contributed by atoms with Crippen molar-refractivity contribution < 1.29 is 13.6 Å². The normalized spacial score (nSPS) is 31.3. The number of alkyl halides is 2. The Morgan fingerprint density at radius 3 is 2.92 bits per heavy atom. The fourth-order valence-corrected chi connectivity index (χ4v) is 5.12. The highest BCUT2D eigenvalue weighted by Crippen LogP contribution is 2.50.